The SMILES string of the molecule is O=C(Cn1cc(C(F)(F)F)cc(Cl)c1=O)Nc1cccc(F)c1. The van der Waals surface area contributed by atoms with Crippen molar-refractivity contribution in [2.24, 2.45) is 0 Å². The summed E-state index contributed by atoms with van der Waals surface area (Å²) in [7, 11) is 0. The monoisotopic (exact) mass is 348 g/mol. The van der Waals surface area contributed by atoms with E-state index in [0.717, 1.165) is 12.1 Å². The van der Waals surface area contributed by atoms with E-state index in [1.165, 1.54) is 12.1 Å². The lowest BCUT2D eigenvalue weighted by Crippen LogP contribution is -2.29. The fourth-order valence-corrected chi connectivity index (χ4v) is 2.02. The van der Waals surface area contributed by atoms with Gasteiger partial charge < -0.3 is 9.88 Å². The van der Waals surface area contributed by atoms with Gasteiger partial charge in [0.15, 0.2) is 0 Å². The van der Waals surface area contributed by atoms with Crippen LogP contribution in [0.4, 0.5) is 23.2 Å². The van der Waals surface area contributed by atoms with E-state index in [2.05, 4.69) is 5.32 Å². The second-order valence-corrected chi connectivity index (χ2v) is 4.97. The van der Waals surface area contributed by atoms with Crippen molar-refractivity contribution in [2.45, 2.75) is 12.7 Å². The highest BCUT2D eigenvalue weighted by atomic mass is 35.5. The molecule has 2 rings (SSSR count). The van der Waals surface area contributed by atoms with Gasteiger partial charge in [-0.2, -0.15) is 13.2 Å². The number of hydrogen-bond donors (Lipinski definition) is 1. The van der Waals surface area contributed by atoms with Crippen LogP contribution < -0.4 is 10.9 Å². The molecule has 122 valence electrons. The van der Waals surface area contributed by atoms with Gasteiger partial charge in [0.05, 0.1) is 5.56 Å². The van der Waals surface area contributed by atoms with E-state index in [9.17, 15) is 27.2 Å². The highest BCUT2D eigenvalue weighted by molar-refractivity contribution is 6.30. The molecule has 1 amide bonds. The van der Waals surface area contributed by atoms with Crippen LogP contribution >= 0.6 is 11.6 Å². The standard InChI is InChI=1S/C14H9ClF4N2O2/c15-11-4-8(14(17,18)19)6-21(13(11)23)7-12(22)20-10-3-1-2-9(16)5-10/h1-6H,7H2,(H,20,22). The summed E-state index contributed by atoms with van der Waals surface area (Å²) in [5.74, 6) is -1.39. The maximum Gasteiger partial charge on any atom is 0.417 e. The van der Waals surface area contributed by atoms with E-state index in [1.54, 1.807) is 0 Å². The molecule has 0 spiro atoms. The first kappa shape index (κ1) is 17.0. The minimum absolute atomic E-state index is 0.112. The van der Waals surface area contributed by atoms with E-state index < -0.39 is 40.6 Å². The summed E-state index contributed by atoms with van der Waals surface area (Å²) in [6, 6.07) is 5.42. The molecule has 0 aliphatic rings. The van der Waals surface area contributed by atoms with Crippen LogP contribution in [-0.4, -0.2) is 10.5 Å². The first-order valence-electron chi connectivity index (χ1n) is 6.19. The van der Waals surface area contributed by atoms with Gasteiger partial charge in [-0.25, -0.2) is 4.39 Å². The molecule has 1 aromatic heterocycles. The lowest BCUT2D eigenvalue weighted by atomic mass is 10.2. The zero-order valence-electron chi connectivity index (χ0n) is 11.3. The first-order valence-corrected chi connectivity index (χ1v) is 6.57. The quantitative estimate of drug-likeness (QED) is 0.865. The Morgan fingerprint density at radius 1 is 1.26 bits per heavy atom. The Labute approximate surface area is 132 Å². The van der Waals surface area contributed by atoms with Crippen molar-refractivity contribution in [2.75, 3.05) is 5.32 Å². The van der Waals surface area contributed by atoms with E-state index in [1.807, 2.05) is 0 Å². The molecule has 9 heteroatoms. The van der Waals surface area contributed by atoms with Crippen molar-refractivity contribution < 1.29 is 22.4 Å². The Bertz CT molecular complexity index is 802. The van der Waals surface area contributed by atoms with Crippen LogP contribution in [-0.2, 0) is 17.5 Å². The number of rotatable bonds is 3. The minimum Gasteiger partial charge on any atom is -0.324 e. The number of carbonyl (C=O) groups excluding carboxylic acids is 1. The maximum absolute atomic E-state index is 13.0. The maximum atomic E-state index is 13.0. The Morgan fingerprint density at radius 2 is 1.96 bits per heavy atom. The summed E-state index contributed by atoms with van der Waals surface area (Å²) in [6.07, 6.45) is -4.21. The van der Waals surface area contributed by atoms with Crippen molar-refractivity contribution in [3.8, 4) is 0 Å². The molecule has 0 radical (unpaired) electrons. The molecule has 0 aliphatic heterocycles. The number of alkyl halides is 3. The number of anilines is 1. The van der Waals surface area contributed by atoms with Crippen LogP contribution in [0.15, 0.2) is 41.3 Å². The van der Waals surface area contributed by atoms with Crippen molar-refractivity contribution in [1.82, 2.24) is 4.57 Å². The number of halogens is 5. The number of carbonyl (C=O) groups is 1. The number of benzene rings is 1. The molecule has 2 aromatic rings. The third kappa shape index (κ3) is 4.32. The zero-order valence-corrected chi connectivity index (χ0v) is 12.1. The van der Waals surface area contributed by atoms with E-state index in [0.29, 0.717) is 16.8 Å². The van der Waals surface area contributed by atoms with Crippen LogP contribution in [0.3, 0.4) is 0 Å². The molecule has 0 unspecified atom stereocenters. The first-order chi connectivity index (χ1) is 10.7. The van der Waals surface area contributed by atoms with Crippen LogP contribution in [0, 0.1) is 5.82 Å². The average molecular weight is 349 g/mol. The van der Waals surface area contributed by atoms with Crippen molar-refractivity contribution in [1.29, 1.82) is 0 Å². The normalized spacial score (nSPS) is 11.3. The lowest BCUT2D eigenvalue weighted by molar-refractivity contribution is -0.138. The number of hydrogen-bond acceptors (Lipinski definition) is 2. The average Bonchev–Trinajstić information content (AvgIpc) is 2.42. The largest absolute Gasteiger partial charge is 0.417 e. The molecule has 1 N–H and O–H groups in total. The molecule has 0 fully saturated rings. The van der Waals surface area contributed by atoms with Gasteiger partial charge in [0, 0.05) is 11.9 Å². The molecule has 1 heterocycles. The summed E-state index contributed by atoms with van der Waals surface area (Å²) in [4.78, 5) is 23.5. The fraction of sp³-hybridized carbons (Fsp3) is 0.143. The van der Waals surface area contributed by atoms with Gasteiger partial charge in [0.25, 0.3) is 5.56 Å². The highest BCUT2D eigenvalue weighted by Gasteiger charge is 2.32. The second kappa shape index (κ2) is 6.41. The number of amides is 1. The molecule has 4 nitrogen and oxygen atoms in total. The van der Waals surface area contributed by atoms with E-state index in [4.69, 9.17) is 11.6 Å². The number of pyridine rings is 1. The molecule has 0 atom stereocenters. The van der Waals surface area contributed by atoms with Crippen LogP contribution in [0.5, 0.6) is 0 Å². The second-order valence-electron chi connectivity index (χ2n) is 4.57. The molecular formula is C14H9ClF4N2O2. The predicted octanol–water partition coefficient (Wildman–Crippen LogP) is 3.30. The lowest BCUT2D eigenvalue weighted by Gasteiger charge is -2.12. The van der Waals surface area contributed by atoms with Gasteiger partial charge in [-0.05, 0) is 24.3 Å². The predicted molar refractivity (Wildman–Crippen MR) is 75.7 cm³/mol. The molecule has 1 aromatic carbocycles. The van der Waals surface area contributed by atoms with Gasteiger partial charge in [-0.1, -0.05) is 17.7 Å². The summed E-state index contributed by atoms with van der Waals surface area (Å²) in [6.45, 7) is -0.695. The van der Waals surface area contributed by atoms with Crippen molar-refractivity contribution in [3.63, 3.8) is 0 Å². The molecule has 0 saturated heterocycles. The highest BCUT2D eigenvalue weighted by Crippen LogP contribution is 2.29. The third-order valence-corrected chi connectivity index (χ3v) is 3.06. The molecular weight excluding hydrogens is 340 g/mol. The van der Waals surface area contributed by atoms with Crippen LogP contribution in [0.2, 0.25) is 5.02 Å². The van der Waals surface area contributed by atoms with Gasteiger partial charge in [-0.15, -0.1) is 0 Å². The summed E-state index contributed by atoms with van der Waals surface area (Å²) >= 11 is 5.47. The summed E-state index contributed by atoms with van der Waals surface area (Å²) in [5, 5.41) is 1.62. The van der Waals surface area contributed by atoms with Crippen molar-refractivity contribution >= 4 is 23.2 Å². The van der Waals surface area contributed by atoms with Crippen LogP contribution in [0.1, 0.15) is 5.56 Å². The van der Waals surface area contributed by atoms with Crippen molar-refractivity contribution in [3.05, 3.63) is 63.3 Å². The van der Waals surface area contributed by atoms with Gasteiger partial charge in [-0.3, -0.25) is 9.59 Å². The van der Waals surface area contributed by atoms with Crippen LogP contribution in [0.25, 0.3) is 0 Å². The van der Waals surface area contributed by atoms with E-state index >= 15 is 0 Å². The fourth-order valence-electron chi connectivity index (χ4n) is 1.79. The Hall–Kier alpha value is -2.35. The van der Waals surface area contributed by atoms with Gasteiger partial charge in [0.2, 0.25) is 5.91 Å². The van der Waals surface area contributed by atoms with Gasteiger partial charge >= 0.3 is 6.18 Å². The summed E-state index contributed by atoms with van der Waals surface area (Å²) in [5.41, 5.74) is -1.98. The molecule has 0 aliphatic carbocycles. The number of nitrogens with one attached hydrogen (secondary N) is 1. The minimum atomic E-state index is -4.71. The van der Waals surface area contributed by atoms with E-state index in [-0.39, 0.29) is 5.69 Å². The zero-order chi connectivity index (χ0) is 17.2. The molecule has 0 saturated carbocycles. The number of aromatic nitrogens is 1. The molecule has 0 bridgehead atoms. The topological polar surface area (TPSA) is 51.1 Å². The Morgan fingerprint density at radius 3 is 2.57 bits per heavy atom. The summed E-state index contributed by atoms with van der Waals surface area (Å²) < 4.78 is 51.6. The Balaban J connectivity index is 2.24. The third-order valence-electron chi connectivity index (χ3n) is 2.79. The smallest absolute Gasteiger partial charge is 0.324 e. The Kier molecular flexibility index (Phi) is 4.74. The molecule has 23 heavy (non-hydrogen) atoms. The van der Waals surface area contributed by atoms with Gasteiger partial charge in [0.1, 0.15) is 17.4 Å². The number of nitrogens with zero attached hydrogens (tertiary/aromatic N) is 1.